The quantitative estimate of drug-likeness (QED) is 0.0908. The molecule has 0 aliphatic carbocycles. The number of para-hydroxylation sites is 2. The molecule has 6 atom stereocenters. The Bertz CT molecular complexity index is 2870. The predicted molar refractivity (Wildman–Crippen MR) is 283 cm³/mol. The maximum atomic E-state index is 11.4. The summed E-state index contributed by atoms with van der Waals surface area (Å²) in [6.07, 6.45) is 1.82. The van der Waals surface area contributed by atoms with Gasteiger partial charge in [0, 0.05) is 48.1 Å². The molecule has 0 aromatic heterocycles. The Morgan fingerprint density at radius 1 is 0.486 bits per heavy atom. The van der Waals surface area contributed by atoms with Gasteiger partial charge in [-0.1, -0.05) is 146 Å². The fraction of sp³-hybridized carbons (Fsp3) is 0.258. The van der Waals surface area contributed by atoms with Crippen molar-refractivity contribution in [1.82, 2.24) is 10.6 Å². The molecule has 368 valence electrons. The van der Waals surface area contributed by atoms with Gasteiger partial charge in [0.05, 0.1) is 14.2 Å². The van der Waals surface area contributed by atoms with Gasteiger partial charge in [0.1, 0.15) is 35.2 Å². The molecule has 0 bridgehead atoms. The van der Waals surface area contributed by atoms with Gasteiger partial charge in [-0.3, -0.25) is 0 Å². The third kappa shape index (κ3) is 11.9. The lowest BCUT2D eigenvalue weighted by molar-refractivity contribution is -0.143. The highest BCUT2D eigenvalue weighted by atomic mass is 16.6. The van der Waals surface area contributed by atoms with Crippen LogP contribution in [0.4, 0.5) is 0 Å². The van der Waals surface area contributed by atoms with Gasteiger partial charge >= 0.3 is 11.9 Å². The van der Waals surface area contributed by atoms with E-state index in [2.05, 4.69) is 180 Å². The van der Waals surface area contributed by atoms with E-state index in [9.17, 15) is 9.59 Å². The number of carbonyl (C=O) groups is 2. The average Bonchev–Trinajstić information content (AvgIpc) is 3.44. The highest BCUT2D eigenvalue weighted by Crippen LogP contribution is 2.42. The Balaban J connectivity index is 0.000000178. The first-order valence-corrected chi connectivity index (χ1v) is 24.8. The SMILES string of the molecule is COC(=O)COc1ccc([C@@H]2C[C@@H](CN[C@H](C)c3cccc4ccccc34)Oc3ccccc32)cc1.COC(=O)COc1ccc([C@H]2C[C@@H](CN[C@H](C)c3cccc4ccccc34)Oc3ccccc32)cc1. The van der Waals surface area contributed by atoms with E-state index in [1.165, 1.54) is 69.1 Å². The molecule has 0 amide bonds. The number of hydrogen-bond acceptors (Lipinski definition) is 10. The Labute approximate surface area is 422 Å². The van der Waals surface area contributed by atoms with Crippen LogP contribution in [0, 0.1) is 0 Å². The van der Waals surface area contributed by atoms with Gasteiger partial charge in [-0.15, -0.1) is 0 Å². The fourth-order valence-electron chi connectivity index (χ4n) is 9.96. The predicted octanol–water partition coefficient (Wildman–Crippen LogP) is 12.1. The first-order valence-electron chi connectivity index (χ1n) is 24.8. The minimum Gasteiger partial charge on any atom is -0.489 e. The van der Waals surface area contributed by atoms with Gasteiger partial charge in [0.25, 0.3) is 0 Å². The van der Waals surface area contributed by atoms with Crippen LogP contribution < -0.4 is 29.6 Å². The number of esters is 2. The number of ether oxygens (including phenoxy) is 6. The normalized spacial score (nSPS) is 17.6. The molecule has 2 heterocycles. The zero-order valence-corrected chi connectivity index (χ0v) is 41.3. The summed E-state index contributed by atoms with van der Waals surface area (Å²) in [7, 11) is 2.71. The number of methoxy groups -OCH3 is 2. The molecule has 2 N–H and O–H groups in total. The third-order valence-electron chi connectivity index (χ3n) is 13.8. The zero-order valence-electron chi connectivity index (χ0n) is 41.3. The van der Waals surface area contributed by atoms with Crippen LogP contribution in [0.5, 0.6) is 23.0 Å². The number of nitrogens with one attached hydrogen (secondary N) is 2. The van der Waals surface area contributed by atoms with Crippen molar-refractivity contribution < 1.29 is 38.0 Å². The monoisotopic (exact) mass is 962 g/mol. The number of fused-ring (bicyclic) bond motifs is 4. The Morgan fingerprint density at radius 3 is 1.28 bits per heavy atom. The topological polar surface area (TPSA) is 114 Å². The van der Waals surface area contributed by atoms with Crippen molar-refractivity contribution in [3.05, 3.63) is 215 Å². The van der Waals surface area contributed by atoms with Crippen LogP contribution >= 0.6 is 0 Å². The van der Waals surface area contributed by atoms with Gasteiger partial charge in [0.2, 0.25) is 0 Å². The van der Waals surface area contributed by atoms with Gasteiger partial charge in [-0.2, -0.15) is 0 Å². The van der Waals surface area contributed by atoms with E-state index in [0.717, 1.165) is 37.4 Å². The van der Waals surface area contributed by atoms with Crippen LogP contribution in [0.1, 0.15) is 84.0 Å². The molecule has 0 radical (unpaired) electrons. The van der Waals surface area contributed by atoms with E-state index < -0.39 is 11.9 Å². The minimum absolute atomic E-state index is 0.0394. The summed E-state index contributed by atoms with van der Waals surface area (Å²) < 4.78 is 33.2. The number of hydrogen-bond donors (Lipinski definition) is 2. The first-order chi connectivity index (χ1) is 35.2. The summed E-state index contributed by atoms with van der Waals surface area (Å²) in [6, 6.07) is 62.8. The Kier molecular flexibility index (Phi) is 16.1. The Morgan fingerprint density at radius 2 is 0.861 bits per heavy atom. The molecule has 0 saturated carbocycles. The lowest BCUT2D eigenvalue weighted by atomic mass is 9.84. The second-order valence-electron chi connectivity index (χ2n) is 18.4. The first kappa shape index (κ1) is 49.3. The summed E-state index contributed by atoms with van der Waals surface area (Å²) in [5.74, 6) is 2.79. The molecule has 0 saturated heterocycles. The van der Waals surface area contributed by atoms with E-state index in [0.29, 0.717) is 11.5 Å². The standard InChI is InChI=1S/2C31H31NO4/c2*1-21(26-12-7-9-22-8-3-4-10-27(22)26)32-19-25-18-29(28-11-5-6-13-30(28)36-25)23-14-16-24(17-15-23)35-20-31(33)34-2/h2*3-17,21,25,29,32H,18-20H2,1-2H3/t21-,25+,29+;21-,25+,29-/m11/s1. The van der Waals surface area contributed by atoms with Crippen LogP contribution in [0.3, 0.4) is 0 Å². The lowest BCUT2D eigenvalue weighted by Crippen LogP contribution is -2.37. The van der Waals surface area contributed by atoms with Gasteiger partial charge < -0.3 is 39.1 Å². The van der Waals surface area contributed by atoms with E-state index in [4.69, 9.17) is 18.9 Å². The van der Waals surface area contributed by atoms with Crippen molar-refractivity contribution >= 4 is 33.5 Å². The van der Waals surface area contributed by atoms with E-state index >= 15 is 0 Å². The zero-order chi connectivity index (χ0) is 49.8. The van der Waals surface area contributed by atoms with Crippen molar-refractivity contribution in [3.63, 3.8) is 0 Å². The molecule has 10 rings (SSSR count). The third-order valence-corrected chi connectivity index (χ3v) is 13.8. The summed E-state index contributed by atoms with van der Waals surface area (Å²) in [5.41, 5.74) is 7.37. The van der Waals surface area contributed by atoms with Crippen molar-refractivity contribution in [1.29, 1.82) is 0 Å². The smallest absolute Gasteiger partial charge is 0.343 e. The van der Waals surface area contributed by atoms with Crippen LogP contribution in [0.25, 0.3) is 21.5 Å². The van der Waals surface area contributed by atoms with Crippen LogP contribution in [0.15, 0.2) is 182 Å². The maximum absolute atomic E-state index is 11.4. The number of carbonyl (C=O) groups excluding carboxylic acids is 2. The van der Waals surface area contributed by atoms with Gasteiger partial charge in [-0.05, 0) is 107 Å². The number of rotatable bonds is 16. The summed E-state index contributed by atoms with van der Waals surface area (Å²) in [6.45, 7) is 5.72. The van der Waals surface area contributed by atoms with Crippen molar-refractivity contribution in [2.75, 3.05) is 40.5 Å². The lowest BCUT2D eigenvalue weighted by Gasteiger charge is -2.33. The molecule has 0 fully saturated rings. The van der Waals surface area contributed by atoms with E-state index in [-0.39, 0.29) is 49.3 Å². The molecule has 0 spiro atoms. The highest BCUT2D eigenvalue weighted by molar-refractivity contribution is 5.87. The molecule has 2 aliphatic heterocycles. The van der Waals surface area contributed by atoms with E-state index in [1.807, 2.05) is 36.4 Å². The molecular weight excluding hydrogens is 901 g/mol. The van der Waals surface area contributed by atoms with Crippen molar-refractivity contribution in [3.8, 4) is 23.0 Å². The largest absolute Gasteiger partial charge is 0.489 e. The minimum atomic E-state index is -0.398. The molecule has 8 aromatic carbocycles. The molecule has 10 nitrogen and oxygen atoms in total. The summed E-state index contributed by atoms with van der Waals surface area (Å²) in [5, 5.41) is 12.5. The molecule has 2 aliphatic rings. The summed E-state index contributed by atoms with van der Waals surface area (Å²) in [4.78, 5) is 22.7. The summed E-state index contributed by atoms with van der Waals surface area (Å²) >= 11 is 0. The second-order valence-corrected chi connectivity index (χ2v) is 18.4. The van der Waals surface area contributed by atoms with Gasteiger partial charge in [0.15, 0.2) is 13.2 Å². The molecular formula is C62H62N2O8. The highest BCUT2D eigenvalue weighted by Gasteiger charge is 2.31. The van der Waals surface area contributed by atoms with Crippen LogP contribution in [0.2, 0.25) is 0 Å². The maximum Gasteiger partial charge on any atom is 0.343 e. The fourth-order valence-corrected chi connectivity index (χ4v) is 9.96. The second kappa shape index (κ2) is 23.5. The Hall–Kier alpha value is -7.66. The van der Waals surface area contributed by atoms with Crippen molar-refractivity contribution in [2.24, 2.45) is 0 Å². The molecule has 0 unspecified atom stereocenters. The number of benzene rings is 8. The molecule has 72 heavy (non-hydrogen) atoms. The van der Waals surface area contributed by atoms with Crippen LogP contribution in [-0.4, -0.2) is 64.7 Å². The van der Waals surface area contributed by atoms with Gasteiger partial charge in [-0.25, -0.2) is 9.59 Å². The van der Waals surface area contributed by atoms with Crippen molar-refractivity contribution in [2.45, 2.75) is 62.8 Å². The van der Waals surface area contributed by atoms with E-state index in [1.54, 1.807) is 0 Å². The molecule has 10 heteroatoms. The van der Waals surface area contributed by atoms with Crippen LogP contribution in [-0.2, 0) is 19.1 Å². The molecule has 8 aromatic rings. The average molecular weight is 963 g/mol.